The number of thioether (sulfide) groups is 2. The molecule has 3 atom stereocenters. The van der Waals surface area contributed by atoms with Crippen LogP contribution in [0.5, 0.6) is 0 Å². The van der Waals surface area contributed by atoms with Gasteiger partial charge in [0.1, 0.15) is 0 Å². The fourth-order valence-electron chi connectivity index (χ4n) is 5.37. The molecule has 4 aliphatic heterocycles. The second-order valence-corrected chi connectivity index (χ2v) is 13.2. The number of ether oxygens (including phenoxy) is 2. The fraction of sp³-hybridized carbons (Fsp3) is 0.704. The van der Waals surface area contributed by atoms with Crippen molar-refractivity contribution in [1.29, 1.82) is 0 Å². The standard InChI is InChI=1S/C27H38N2O6S2/c1-5-27(4,29-23(31)17-21-19(25(29)33)7-15-37-21)9-11-35-13-12-34-10-8-26(2,3)28-22(30)16-20-18(24(28)32)6-14-36-20/h16-19H,5-15H2,1-4H3. The highest BCUT2D eigenvalue weighted by atomic mass is 32.2. The van der Waals surface area contributed by atoms with Gasteiger partial charge in [0.2, 0.25) is 11.8 Å². The molecule has 10 heteroatoms. The Labute approximate surface area is 227 Å². The van der Waals surface area contributed by atoms with Crippen molar-refractivity contribution in [3.05, 3.63) is 22.0 Å². The molecule has 204 valence electrons. The van der Waals surface area contributed by atoms with Crippen LogP contribution in [0.4, 0.5) is 0 Å². The Balaban J connectivity index is 1.18. The van der Waals surface area contributed by atoms with Crippen LogP contribution >= 0.6 is 23.5 Å². The van der Waals surface area contributed by atoms with Crippen molar-refractivity contribution in [3.8, 4) is 0 Å². The van der Waals surface area contributed by atoms with Crippen LogP contribution < -0.4 is 0 Å². The molecule has 4 amide bonds. The van der Waals surface area contributed by atoms with Gasteiger partial charge in [-0.25, -0.2) is 0 Å². The SMILES string of the molecule is CCC(C)(CCOCCOCCC(C)(C)N1C(=O)C=C2SCCC2C1=O)N1C(=O)C=C2SCCC2C1=O. The van der Waals surface area contributed by atoms with Crippen LogP contribution in [0, 0.1) is 11.8 Å². The zero-order chi connectivity index (χ0) is 26.8. The van der Waals surface area contributed by atoms with E-state index in [0.29, 0.717) is 45.7 Å². The van der Waals surface area contributed by atoms with Gasteiger partial charge in [-0.2, -0.15) is 0 Å². The summed E-state index contributed by atoms with van der Waals surface area (Å²) in [5.41, 5.74) is -1.22. The maximum atomic E-state index is 13.1. The van der Waals surface area contributed by atoms with Gasteiger partial charge >= 0.3 is 0 Å². The molecule has 4 aliphatic rings. The van der Waals surface area contributed by atoms with E-state index >= 15 is 0 Å². The molecule has 37 heavy (non-hydrogen) atoms. The van der Waals surface area contributed by atoms with Crippen LogP contribution in [0.15, 0.2) is 22.0 Å². The van der Waals surface area contributed by atoms with Crippen molar-refractivity contribution in [1.82, 2.24) is 9.80 Å². The van der Waals surface area contributed by atoms with Crippen molar-refractivity contribution < 1.29 is 28.7 Å². The van der Waals surface area contributed by atoms with Gasteiger partial charge in [-0.05, 0) is 64.4 Å². The number of fused-ring (bicyclic) bond motifs is 2. The van der Waals surface area contributed by atoms with Crippen LogP contribution in [0.3, 0.4) is 0 Å². The van der Waals surface area contributed by atoms with Crippen LogP contribution in [0.2, 0.25) is 0 Å². The second kappa shape index (κ2) is 11.6. The van der Waals surface area contributed by atoms with Crippen molar-refractivity contribution >= 4 is 47.2 Å². The van der Waals surface area contributed by atoms with Crippen LogP contribution in [-0.2, 0) is 28.7 Å². The number of hydrogen-bond donors (Lipinski definition) is 0. The van der Waals surface area contributed by atoms with Crippen molar-refractivity contribution in [2.75, 3.05) is 37.9 Å². The summed E-state index contributed by atoms with van der Waals surface area (Å²) < 4.78 is 11.5. The first-order chi connectivity index (χ1) is 17.6. The number of carbonyl (C=O) groups is 4. The Morgan fingerprint density at radius 1 is 0.784 bits per heavy atom. The predicted octanol–water partition coefficient (Wildman–Crippen LogP) is 3.76. The predicted molar refractivity (Wildman–Crippen MR) is 145 cm³/mol. The molecule has 3 unspecified atom stereocenters. The molecule has 4 heterocycles. The number of rotatable bonds is 12. The average molecular weight is 551 g/mol. The molecule has 0 saturated carbocycles. The van der Waals surface area contributed by atoms with E-state index in [1.54, 1.807) is 35.7 Å². The summed E-state index contributed by atoms with van der Waals surface area (Å²) in [6.45, 7) is 9.35. The summed E-state index contributed by atoms with van der Waals surface area (Å²) in [6.07, 6.45) is 6.60. The minimum atomic E-state index is -0.632. The third kappa shape index (κ3) is 5.87. The Morgan fingerprint density at radius 2 is 1.27 bits per heavy atom. The lowest BCUT2D eigenvalue weighted by Gasteiger charge is -2.42. The zero-order valence-corrected chi connectivity index (χ0v) is 23.9. The smallest absolute Gasteiger partial charge is 0.254 e. The van der Waals surface area contributed by atoms with E-state index in [1.807, 2.05) is 27.7 Å². The Hall–Kier alpha value is -1.62. The Bertz CT molecular complexity index is 1010. The highest BCUT2D eigenvalue weighted by Gasteiger charge is 2.46. The summed E-state index contributed by atoms with van der Waals surface area (Å²) >= 11 is 3.22. The lowest BCUT2D eigenvalue weighted by Crippen LogP contribution is -2.56. The number of imide groups is 2. The lowest BCUT2D eigenvalue weighted by atomic mass is 9.88. The number of hydrogen-bond acceptors (Lipinski definition) is 8. The maximum absolute atomic E-state index is 13.1. The molecule has 2 saturated heterocycles. The van der Waals surface area contributed by atoms with Gasteiger partial charge in [0, 0.05) is 40.7 Å². The van der Waals surface area contributed by atoms with Crippen molar-refractivity contribution in [2.24, 2.45) is 11.8 Å². The molecule has 0 spiro atoms. The molecule has 0 aromatic carbocycles. The minimum absolute atomic E-state index is 0.0770. The van der Waals surface area contributed by atoms with E-state index in [4.69, 9.17) is 9.47 Å². The summed E-state index contributed by atoms with van der Waals surface area (Å²) in [5, 5.41) is 0. The van der Waals surface area contributed by atoms with E-state index in [2.05, 4.69) is 0 Å². The molecule has 0 aromatic heterocycles. The second-order valence-electron chi connectivity index (χ2n) is 10.9. The number of nitrogens with zero attached hydrogens (tertiary/aromatic N) is 2. The molecule has 0 bridgehead atoms. The zero-order valence-electron chi connectivity index (χ0n) is 22.2. The van der Waals surface area contributed by atoms with Crippen LogP contribution in [-0.4, -0.2) is 82.4 Å². The molecule has 0 aliphatic carbocycles. The Kier molecular flexibility index (Phi) is 8.93. The largest absolute Gasteiger partial charge is 0.379 e. The Morgan fingerprint density at radius 3 is 1.81 bits per heavy atom. The minimum Gasteiger partial charge on any atom is -0.379 e. The molecule has 4 rings (SSSR count). The highest BCUT2D eigenvalue weighted by Crippen LogP contribution is 2.43. The lowest BCUT2D eigenvalue weighted by molar-refractivity contribution is -0.154. The molecule has 8 nitrogen and oxygen atoms in total. The van der Waals surface area contributed by atoms with E-state index < -0.39 is 11.1 Å². The number of amides is 4. The first-order valence-corrected chi connectivity index (χ1v) is 15.2. The maximum Gasteiger partial charge on any atom is 0.254 e. The van der Waals surface area contributed by atoms with E-state index in [1.165, 1.54) is 9.80 Å². The van der Waals surface area contributed by atoms with Gasteiger partial charge in [0.15, 0.2) is 0 Å². The van der Waals surface area contributed by atoms with Gasteiger partial charge in [0.25, 0.3) is 11.8 Å². The molecular formula is C27H38N2O6S2. The summed E-state index contributed by atoms with van der Waals surface area (Å²) in [5.74, 6) is 0.804. The van der Waals surface area contributed by atoms with Gasteiger partial charge in [0.05, 0.1) is 30.6 Å². The van der Waals surface area contributed by atoms with Crippen molar-refractivity contribution in [3.63, 3.8) is 0 Å². The third-order valence-corrected chi connectivity index (χ3v) is 10.3. The van der Waals surface area contributed by atoms with Crippen molar-refractivity contribution in [2.45, 2.75) is 70.9 Å². The highest BCUT2D eigenvalue weighted by molar-refractivity contribution is 8.03. The summed E-state index contributed by atoms with van der Waals surface area (Å²) in [6, 6.07) is 0. The molecule has 0 radical (unpaired) electrons. The number of carbonyl (C=O) groups excluding carboxylic acids is 4. The van der Waals surface area contributed by atoms with Crippen LogP contribution in [0.25, 0.3) is 0 Å². The van der Waals surface area contributed by atoms with Gasteiger partial charge in [-0.3, -0.25) is 29.0 Å². The quantitative estimate of drug-likeness (QED) is 0.268. The monoisotopic (exact) mass is 550 g/mol. The summed E-state index contributed by atoms with van der Waals surface area (Å²) in [7, 11) is 0. The first kappa shape index (κ1) is 28.4. The average Bonchev–Trinajstić information content (AvgIpc) is 3.50. The van der Waals surface area contributed by atoms with Crippen LogP contribution in [0.1, 0.15) is 59.8 Å². The summed E-state index contributed by atoms with van der Waals surface area (Å²) in [4.78, 5) is 56.0. The van der Waals surface area contributed by atoms with Gasteiger partial charge in [-0.15, -0.1) is 23.5 Å². The fourth-order valence-corrected chi connectivity index (χ4v) is 7.76. The normalized spacial score (nSPS) is 25.7. The molecule has 2 fully saturated rings. The van der Waals surface area contributed by atoms with E-state index in [0.717, 1.165) is 34.2 Å². The topological polar surface area (TPSA) is 93.2 Å². The molecular weight excluding hydrogens is 512 g/mol. The van der Waals surface area contributed by atoms with Gasteiger partial charge < -0.3 is 9.47 Å². The van der Waals surface area contributed by atoms with E-state index in [9.17, 15) is 19.2 Å². The molecule has 0 aromatic rings. The third-order valence-electron chi connectivity index (χ3n) is 7.97. The van der Waals surface area contributed by atoms with Gasteiger partial charge in [-0.1, -0.05) is 6.92 Å². The first-order valence-electron chi connectivity index (χ1n) is 13.2. The molecule has 0 N–H and O–H groups in total. The van der Waals surface area contributed by atoms with E-state index in [-0.39, 0.29) is 35.5 Å².